The summed E-state index contributed by atoms with van der Waals surface area (Å²) >= 11 is 0. The molecule has 0 heterocycles. The molecule has 0 saturated carbocycles. The van der Waals surface area contributed by atoms with Gasteiger partial charge in [0, 0.05) is 5.57 Å². The van der Waals surface area contributed by atoms with Crippen LogP contribution in [0.4, 0.5) is 0 Å². The van der Waals surface area contributed by atoms with Crippen LogP contribution in [0.15, 0.2) is 35.5 Å². The van der Waals surface area contributed by atoms with Crippen molar-refractivity contribution in [2.45, 2.75) is 19.8 Å². The molecule has 1 rings (SSSR count). The van der Waals surface area contributed by atoms with Gasteiger partial charge in [0.25, 0.3) is 0 Å². The molecular weight excluding hydrogens is 134 g/mol. The third-order valence-corrected chi connectivity index (χ3v) is 1.65. The molecule has 11 heavy (non-hydrogen) atoms. The van der Waals surface area contributed by atoms with Gasteiger partial charge in [0.15, 0.2) is 0 Å². The highest BCUT2D eigenvalue weighted by Crippen LogP contribution is 2.09. The molecule has 0 aromatic rings. The molecule has 56 valence electrons. The van der Waals surface area contributed by atoms with Crippen molar-refractivity contribution in [2.24, 2.45) is 0 Å². The standard InChI is InChI=1S/C10H11N/c1-9-4-2-3-5-10(8-11)7-6-9/h4-7H,2-3H2,1H3/b7-6-,9-4-,10-5-. The fourth-order valence-electron chi connectivity index (χ4n) is 0.990. The molecule has 0 N–H and O–H groups in total. The highest BCUT2D eigenvalue weighted by atomic mass is 14.2. The van der Waals surface area contributed by atoms with Gasteiger partial charge in [-0.1, -0.05) is 23.8 Å². The molecule has 0 amide bonds. The van der Waals surface area contributed by atoms with Crippen LogP contribution >= 0.6 is 0 Å². The van der Waals surface area contributed by atoms with E-state index in [0.29, 0.717) is 0 Å². The van der Waals surface area contributed by atoms with Crippen molar-refractivity contribution in [3.63, 3.8) is 0 Å². The Balaban J connectivity index is 2.81. The summed E-state index contributed by atoms with van der Waals surface area (Å²) in [5.74, 6) is 0. The first-order valence-corrected chi connectivity index (χ1v) is 3.78. The lowest BCUT2D eigenvalue weighted by molar-refractivity contribution is 1.03. The zero-order chi connectivity index (χ0) is 8.10. The second-order valence-electron chi connectivity index (χ2n) is 2.63. The van der Waals surface area contributed by atoms with Gasteiger partial charge in [-0.2, -0.15) is 5.26 Å². The summed E-state index contributed by atoms with van der Waals surface area (Å²) in [4.78, 5) is 0. The van der Waals surface area contributed by atoms with Crippen LogP contribution in [0, 0.1) is 11.3 Å². The normalized spacial score (nSPS) is 29.8. The topological polar surface area (TPSA) is 23.8 Å². The average Bonchev–Trinajstić information content (AvgIpc) is 1.98. The molecule has 1 heteroatoms. The fraction of sp³-hybridized carbons (Fsp3) is 0.300. The van der Waals surface area contributed by atoms with Crippen molar-refractivity contribution in [1.29, 1.82) is 5.26 Å². The lowest BCUT2D eigenvalue weighted by atomic mass is 10.1. The predicted octanol–water partition coefficient (Wildman–Crippen LogP) is 2.73. The molecule has 0 aromatic carbocycles. The van der Waals surface area contributed by atoms with Crippen LogP contribution in [0.2, 0.25) is 0 Å². The molecule has 0 aliphatic heterocycles. The molecule has 0 fully saturated rings. The zero-order valence-electron chi connectivity index (χ0n) is 6.67. The molecule has 0 unspecified atom stereocenters. The lowest BCUT2D eigenvalue weighted by Gasteiger charge is -1.97. The van der Waals surface area contributed by atoms with Crippen LogP contribution in [-0.2, 0) is 0 Å². The average molecular weight is 145 g/mol. The van der Waals surface area contributed by atoms with E-state index in [4.69, 9.17) is 5.26 Å². The number of nitrogens with zero attached hydrogens (tertiary/aromatic N) is 1. The lowest BCUT2D eigenvalue weighted by Crippen LogP contribution is -1.79. The van der Waals surface area contributed by atoms with E-state index in [1.165, 1.54) is 5.57 Å². The van der Waals surface area contributed by atoms with Gasteiger partial charge in [0.2, 0.25) is 0 Å². The van der Waals surface area contributed by atoms with Crippen molar-refractivity contribution in [3.8, 4) is 6.07 Å². The van der Waals surface area contributed by atoms with Crippen molar-refractivity contribution < 1.29 is 0 Å². The summed E-state index contributed by atoms with van der Waals surface area (Å²) in [6.07, 6.45) is 10.0. The molecule has 1 aliphatic carbocycles. The zero-order valence-corrected chi connectivity index (χ0v) is 6.67. The van der Waals surface area contributed by atoms with Crippen LogP contribution in [-0.4, -0.2) is 0 Å². The predicted molar refractivity (Wildman–Crippen MR) is 45.8 cm³/mol. The maximum absolute atomic E-state index is 8.61. The van der Waals surface area contributed by atoms with Crippen LogP contribution in [0.1, 0.15) is 19.8 Å². The van der Waals surface area contributed by atoms with E-state index in [-0.39, 0.29) is 0 Å². The van der Waals surface area contributed by atoms with Crippen molar-refractivity contribution in [1.82, 2.24) is 0 Å². The third-order valence-electron chi connectivity index (χ3n) is 1.65. The molecule has 0 spiro atoms. The van der Waals surface area contributed by atoms with E-state index in [0.717, 1.165) is 18.4 Å². The van der Waals surface area contributed by atoms with Crippen molar-refractivity contribution >= 4 is 0 Å². The number of hydrogen-bond donors (Lipinski definition) is 0. The Bertz CT molecular complexity index is 261. The van der Waals surface area contributed by atoms with Gasteiger partial charge >= 0.3 is 0 Å². The Morgan fingerprint density at radius 1 is 1.27 bits per heavy atom. The molecule has 0 saturated heterocycles. The number of hydrogen-bond acceptors (Lipinski definition) is 1. The Kier molecular flexibility index (Phi) is 2.68. The monoisotopic (exact) mass is 145 g/mol. The molecule has 0 atom stereocenters. The molecule has 0 bridgehead atoms. The second-order valence-corrected chi connectivity index (χ2v) is 2.63. The minimum Gasteiger partial charge on any atom is -0.192 e. The number of nitriles is 1. The maximum atomic E-state index is 8.61. The van der Waals surface area contributed by atoms with Gasteiger partial charge < -0.3 is 0 Å². The first kappa shape index (κ1) is 7.81. The highest BCUT2D eigenvalue weighted by Gasteiger charge is 1.92. The Morgan fingerprint density at radius 3 is 2.73 bits per heavy atom. The molecule has 1 aliphatic rings. The van der Waals surface area contributed by atoms with Crippen LogP contribution in [0.25, 0.3) is 0 Å². The van der Waals surface area contributed by atoms with Crippen LogP contribution < -0.4 is 0 Å². The molecule has 1 nitrogen and oxygen atoms in total. The van der Waals surface area contributed by atoms with E-state index in [1.54, 1.807) is 0 Å². The van der Waals surface area contributed by atoms with E-state index in [9.17, 15) is 0 Å². The van der Waals surface area contributed by atoms with Crippen LogP contribution in [0.5, 0.6) is 0 Å². The summed E-state index contributed by atoms with van der Waals surface area (Å²) in [7, 11) is 0. The van der Waals surface area contributed by atoms with Crippen LogP contribution in [0.3, 0.4) is 0 Å². The fourth-order valence-corrected chi connectivity index (χ4v) is 0.990. The SMILES string of the molecule is CC1=C/CC/C=C(C#N)/C=C\1. The van der Waals surface area contributed by atoms with Gasteiger partial charge in [-0.25, -0.2) is 0 Å². The summed E-state index contributed by atoms with van der Waals surface area (Å²) in [6, 6.07) is 2.14. The van der Waals surface area contributed by atoms with Crippen molar-refractivity contribution in [3.05, 3.63) is 35.5 Å². The Morgan fingerprint density at radius 2 is 2.00 bits per heavy atom. The summed E-state index contributed by atoms with van der Waals surface area (Å²) in [5, 5.41) is 8.61. The third kappa shape index (κ3) is 2.43. The Labute approximate surface area is 67.3 Å². The smallest absolute Gasteiger partial charge is 0.0988 e. The highest BCUT2D eigenvalue weighted by molar-refractivity contribution is 5.37. The van der Waals surface area contributed by atoms with E-state index in [2.05, 4.69) is 19.1 Å². The van der Waals surface area contributed by atoms with Gasteiger partial charge in [-0.15, -0.1) is 0 Å². The largest absolute Gasteiger partial charge is 0.192 e. The minimum atomic E-state index is 0.775. The first-order chi connectivity index (χ1) is 5.33. The van der Waals surface area contributed by atoms with E-state index >= 15 is 0 Å². The van der Waals surface area contributed by atoms with Gasteiger partial charge in [-0.05, 0) is 25.8 Å². The quantitative estimate of drug-likeness (QED) is 0.514. The minimum absolute atomic E-state index is 0.775. The summed E-state index contributed by atoms with van der Waals surface area (Å²) < 4.78 is 0. The van der Waals surface area contributed by atoms with Gasteiger partial charge in [0.05, 0.1) is 6.07 Å². The second kappa shape index (κ2) is 3.78. The molecule has 0 aromatic heterocycles. The van der Waals surface area contributed by atoms with Crippen molar-refractivity contribution in [2.75, 3.05) is 0 Å². The molecule has 0 radical (unpaired) electrons. The maximum Gasteiger partial charge on any atom is 0.0988 e. The van der Waals surface area contributed by atoms with Gasteiger partial charge in [0.1, 0.15) is 0 Å². The number of rotatable bonds is 0. The Hall–Kier alpha value is -1.29. The number of allylic oxidation sites excluding steroid dienone is 6. The summed E-state index contributed by atoms with van der Waals surface area (Å²) in [5.41, 5.74) is 2.02. The first-order valence-electron chi connectivity index (χ1n) is 3.78. The van der Waals surface area contributed by atoms with E-state index in [1.807, 2.05) is 18.2 Å². The van der Waals surface area contributed by atoms with Gasteiger partial charge in [-0.3, -0.25) is 0 Å². The van der Waals surface area contributed by atoms with E-state index < -0.39 is 0 Å². The molecular formula is C10H11N. The summed E-state index contributed by atoms with van der Waals surface area (Å²) in [6.45, 7) is 2.05.